The molecule has 3 nitrogen and oxygen atoms in total. The van der Waals surface area contributed by atoms with Crippen molar-refractivity contribution in [2.45, 2.75) is 19.3 Å². The first-order valence-electron chi connectivity index (χ1n) is 4.84. The van der Waals surface area contributed by atoms with Crippen LogP contribution >= 0.6 is 15.9 Å². The Morgan fingerprint density at radius 1 is 1.33 bits per heavy atom. The summed E-state index contributed by atoms with van der Waals surface area (Å²) in [6.07, 6.45) is 0. The van der Waals surface area contributed by atoms with Crippen LogP contribution in [-0.4, -0.2) is 13.3 Å². The van der Waals surface area contributed by atoms with Crippen molar-refractivity contribution in [3.63, 3.8) is 0 Å². The van der Waals surface area contributed by atoms with Crippen molar-refractivity contribution in [1.29, 1.82) is 0 Å². The van der Waals surface area contributed by atoms with Crippen molar-refractivity contribution in [3.05, 3.63) is 22.2 Å². The van der Waals surface area contributed by atoms with Crippen molar-refractivity contribution >= 4 is 15.9 Å². The summed E-state index contributed by atoms with van der Waals surface area (Å²) >= 11 is 3.54. The molecule has 1 aromatic carbocycles. The van der Waals surface area contributed by atoms with Gasteiger partial charge in [0.2, 0.25) is 6.79 Å². The molecule has 1 aliphatic rings. The molecule has 15 heavy (non-hydrogen) atoms. The average molecular weight is 272 g/mol. The second-order valence-electron chi connectivity index (χ2n) is 4.27. The van der Waals surface area contributed by atoms with E-state index >= 15 is 0 Å². The van der Waals surface area contributed by atoms with Crippen LogP contribution in [0.1, 0.15) is 19.4 Å². The fourth-order valence-corrected chi connectivity index (χ4v) is 2.40. The lowest BCUT2D eigenvalue weighted by atomic mass is 9.85. The molecule has 2 N–H and O–H groups in total. The molecule has 1 heterocycles. The van der Waals surface area contributed by atoms with Crippen molar-refractivity contribution in [3.8, 4) is 11.5 Å². The van der Waals surface area contributed by atoms with Crippen LogP contribution in [0.4, 0.5) is 0 Å². The second-order valence-corrected chi connectivity index (χ2v) is 5.13. The largest absolute Gasteiger partial charge is 0.454 e. The molecule has 0 amide bonds. The molecule has 1 aliphatic heterocycles. The zero-order valence-electron chi connectivity index (χ0n) is 8.84. The summed E-state index contributed by atoms with van der Waals surface area (Å²) in [5.74, 6) is 1.59. The Bertz CT molecular complexity index is 390. The highest BCUT2D eigenvalue weighted by atomic mass is 79.9. The number of fused-ring (bicyclic) bond motifs is 1. The molecule has 0 saturated carbocycles. The quantitative estimate of drug-likeness (QED) is 0.899. The number of benzene rings is 1. The van der Waals surface area contributed by atoms with Crippen molar-refractivity contribution in [2.24, 2.45) is 5.73 Å². The highest BCUT2D eigenvalue weighted by molar-refractivity contribution is 9.10. The lowest BCUT2D eigenvalue weighted by molar-refractivity contribution is 0.174. The van der Waals surface area contributed by atoms with E-state index in [1.165, 1.54) is 0 Å². The highest BCUT2D eigenvalue weighted by Crippen LogP contribution is 2.40. The number of hydrogen-bond donors (Lipinski definition) is 1. The molecular weight excluding hydrogens is 258 g/mol. The number of halogens is 1. The maximum atomic E-state index is 5.76. The van der Waals surface area contributed by atoms with Gasteiger partial charge in [-0.3, -0.25) is 0 Å². The van der Waals surface area contributed by atoms with Gasteiger partial charge in [-0.15, -0.1) is 0 Å². The number of hydrogen-bond acceptors (Lipinski definition) is 3. The third-order valence-electron chi connectivity index (χ3n) is 2.70. The number of ether oxygens (including phenoxy) is 2. The Morgan fingerprint density at radius 2 is 1.93 bits per heavy atom. The number of rotatable bonds is 2. The first kappa shape index (κ1) is 10.8. The normalized spacial score (nSPS) is 14.4. The molecule has 82 valence electrons. The van der Waals surface area contributed by atoms with Crippen LogP contribution in [0.2, 0.25) is 0 Å². The van der Waals surface area contributed by atoms with E-state index in [2.05, 4.69) is 29.8 Å². The van der Waals surface area contributed by atoms with Crippen molar-refractivity contribution in [2.75, 3.05) is 13.3 Å². The summed E-state index contributed by atoms with van der Waals surface area (Å²) in [7, 11) is 0. The van der Waals surface area contributed by atoms with Gasteiger partial charge in [-0.1, -0.05) is 29.8 Å². The topological polar surface area (TPSA) is 44.5 Å². The van der Waals surface area contributed by atoms with E-state index in [1.54, 1.807) is 0 Å². The molecule has 1 aromatic rings. The smallest absolute Gasteiger partial charge is 0.231 e. The highest BCUT2D eigenvalue weighted by Gasteiger charge is 2.25. The predicted octanol–water partition coefficient (Wildman–Crippen LogP) is 2.41. The van der Waals surface area contributed by atoms with Crippen LogP contribution in [0.5, 0.6) is 11.5 Å². The van der Waals surface area contributed by atoms with E-state index in [0.29, 0.717) is 13.3 Å². The molecule has 0 aromatic heterocycles. The SMILES string of the molecule is CC(C)(CN)c1cc2c(cc1Br)OCO2. The van der Waals surface area contributed by atoms with E-state index in [-0.39, 0.29) is 5.41 Å². The molecule has 0 bridgehead atoms. The standard InChI is InChI=1S/C11H14BrNO2/c1-11(2,5-13)7-3-9-10(4-8(7)12)15-6-14-9/h3-4H,5-6,13H2,1-2H3. The van der Waals surface area contributed by atoms with Crippen LogP contribution in [0.15, 0.2) is 16.6 Å². The summed E-state index contributed by atoms with van der Waals surface area (Å²) in [4.78, 5) is 0. The molecular formula is C11H14BrNO2. The van der Waals surface area contributed by atoms with E-state index in [1.807, 2.05) is 12.1 Å². The molecule has 0 radical (unpaired) electrons. The minimum Gasteiger partial charge on any atom is -0.454 e. The molecule has 0 unspecified atom stereocenters. The Kier molecular flexibility index (Phi) is 2.64. The van der Waals surface area contributed by atoms with Crippen LogP contribution in [-0.2, 0) is 5.41 Å². The monoisotopic (exact) mass is 271 g/mol. The lowest BCUT2D eigenvalue weighted by Gasteiger charge is -2.24. The van der Waals surface area contributed by atoms with Crippen LogP contribution < -0.4 is 15.2 Å². The van der Waals surface area contributed by atoms with Gasteiger partial charge >= 0.3 is 0 Å². The van der Waals surface area contributed by atoms with Crippen LogP contribution in [0.3, 0.4) is 0 Å². The van der Waals surface area contributed by atoms with E-state index in [0.717, 1.165) is 21.5 Å². The number of nitrogens with two attached hydrogens (primary N) is 1. The summed E-state index contributed by atoms with van der Waals surface area (Å²) in [6, 6.07) is 3.94. The Hall–Kier alpha value is -0.740. The van der Waals surface area contributed by atoms with Gasteiger partial charge in [0.1, 0.15) is 0 Å². The van der Waals surface area contributed by atoms with Gasteiger partial charge in [0.05, 0.1) is 0 Å². The third-order valence-corrected chi connectivity index (χ3v) is 3.36. The van der Waals surface area contributed by atoms with Gasteiger partial charge in [0.25, 0.3) is 0 Å². The molecule has 0 spiro atoms. The van der Waals surface area contributed by atoms with Gasteiger partial charge in [-0.2, -0.15) is 0 Å². The molecule has 0 atom stereocenters. The molecule has 0 saturated heterocycles. The fraction of sp³-hybridized carbons (Fsp3) is 0.455. The van der Waals surface area contributed by atoms with E-state index in [4.69, 9.17) is 15.2 Å². The maximum absolute atomic E-state index is 5.76. The zero-order valence-corrected chi connectivity index (χ0v) is 10.4. The van der Waals surface area contributed by atoms with E-state index in [9.17, 15) is 0 Å². The molecule has 4 heteroatoms. The average Bonchev–Trinajstić information content (AvgIpc) is 2.63. The summed E-state index contributed by atoms with van der Waals surface area (Å²) in [5, 5.41) is 0. The van der Waals surface area contributed by atoms with Gasteiger partial charge in [0.15, 0.2) is 11.5 Å². The van der Waals surface area contributed by atoms with Crippen molar-refractivity contribution < 1.29 is 9.47 Å². The van der Waals surface area contributed by atoms with Gasteiger partial charge < -0.3 is 15.2 Å². The summed E-state index contributed by atoms with van der Waals surface area (Å²) < 4.78 is 11.7. The third kappa shape index (κ3) is 1.84. The Labute approximate surface area is 97.7 Å². The van der Waals surface area contributed by atoms with E-state index < -0.39 is 0 Å². The minimum absolute atomic E-state index is 0.0696. The molecule has 0 fully saturated rings. The van der Waals surface area contributed by atoms with Crippen LogP contribution in [0.25, 0.3) is 0 Å². The fourth-order valence-electron chi connectivity index (χ4n) is 1.55. The predicted molar refractivity (Wildman–Crippen MR) is 62.3 cm³/mol. The second kappa shape index (κ2) is 3.68. The Morgan fingerprint density at radius 3 is 2.53 bits per heavy atom. The van der Waals surface area contributed by atoms with Gasteiger partial charge in [-0.05, 0) is 17.7 Å². The summed E-state index contributed by atoms with van der Waals surface area (Å²) in [6.45, 7) is 5.10. The zero-order chi connectivity index (χ0) is 11.1. The van der Waals surface area contributed by atoms with Crippen LogP contribution in [0, 0.1) is 0 Å². The molecule has 2 rings (SSSR count). The van der Waals surface area contributed by atoms with Gasteiger partial charge in [0, 0.05) is 16.4 Å². The maximum Gasteiger partial charge on any atom is 0.231 e. The minimum atomic E-state index is -0.0696. The van der Waals surface area contributed by atoms with Crippen molar-refractivity contribution in [1.82, 2.24) is 0 Å². The summed E-state index contributed by atoms with van der Waals surface area (Å²) in [5.41, 5.74) is 6.84. The van der Waals surface area contributed by atoms with Gasteiger partial charge in [-0.25, -0.2) is 0 Å². The first-order chi connectivity index (χ1) is 7.04. The Balaban J connectivity index is 2.49. The lowest BCUT2D eigenvalue weighted by Crippen LogP contribution is -2.28. The molecule has 0 aliphatic carbocycles. The first-order valence-corrected chi connectivity index (χ1v) is 5.63.